The van der Waals surface area contributed by atoms with Gasteiger partial charge in [-0.15, -0.1) is 0 Å². The number of hydrogen-bond donors (Lipinski definition) is 1. The van der Waals surface area contributed by atoms with E-state index < -0.39 is 4.92 Å². The zero-order chi connectivity index (χ0) is 14.5. The number of nitrogens with zero attached hydrogens (tertiary/aromatic N) is 1. The Balaban J connectivity index is 2.27. The maximum absolute atomic E-state index is 10.6. The Morgan fingerprint density at radius 2 is 1.95 bits per heavy atom. The highest BCUT2D eigenvalue weighted by Crippen LogP contribution is 2.36. The number of nitro groups is 1. The summed E-state index contributed by atoms with van der Waals surface area (Å²) >= 11 is 7.75. The lowest BCUT2D eigenvalue weighted by Crippen LogP contribution is -2.06. The van der Waals surface area contributed by atoms with Crippen molar-refractivity contribution in [3.63, 3.8) is 0 Å². The van der Waals surface area contributed by atoms with Gasteiger partial charge in [-0.1, -0.05) is 35.5 Å². The Hall–Kier alpha value is -1.56. The molecule has 0 heterocycles. The Morgan fingerprint density at radius 3 is 2.55 bits per heavy atom. The average Bonchev–Trinajstić information content (AvgIpc) is 2.43. The summed E-state index contributed by atoms with van der Waals surface area (Å²) in [5.41, 5.74) is 1.19. The van der Waals surface area contributed by atoms with Gasteiger partial charge in [0.05, 0.1) is 9.95 Å². The molecule has 0 aliphatic heterocycles. The third kappa shape index (κ3) is 3.50. The van der Waals surface area contributed by atoms with Crippen molar-refractivity contribution in [3.05, 3.63) is 63.2 Å². The van der Waals surface area contributed by atoms with Crippen LogP contribution in [-0.2, 0) is 6.54 Å². The molecule has 0 aliphatic rings. The predicted molar refractivity (Wildman–Crippen MR) is 81.4 cm³/mol. The van der Waals surface area contributed by atoms with Gasteiger partial charge in [0.2, 0.25) is 0 Å². The van der Waals surface area contributed by atoms with Crippen molar-refractivity contribution in [2.75, 3.05) is 7.05 Å². The SMILES string of the molecule is CNCc1cccc(Cl)c1Sc1ccc([N+](=O)[O-])cc1. The van der Waals surface area contributed by atoms with Gasteiger partial charge < -0.3 is 5.32 Å². The molecular formula is C14H13ClN2O2S. The first-order valence-corrected chi connectivity index (χ1v) is 7.15. The zero-order valence-corrected chi connectivity index (χ0v) is 12.4. The molecule has 2 aromatic rings. The summed E-state index contributed by atoms with van der Waals surface area (Å²) in [4.78, 5) is 12.1. The summed E-state index contributed by atoms with van der Waals surface area (Å²) in [6.07, 6.45) is 0. The first kappa shape index (κ1) is 14.8. The Bertz CT molecular complexity index is 617. The Kier molecular flexibility index (Phi) is 5.00. The lowest BCUT2D eigenvalue weighted by atomic mass is 10.2. The average molecular weight is 309 g/mol. The molecule has 0 spiro atoms. The van der Waals surface area contributed by atoms with E-state index in [0.717, 1.165) is 21.9 Å². The predicted octanol–water partition coefficient (Wildman–Crippen LogP) is 4.12. The van der Waals surface area contributed by atoms with Gasteiger partial charge in [-0.2, -0.15) is 0 Å². The fourth-order valence-electron chi connectivity index (χ4n) is 1.75. The second-order valence-corrected chi connectivity index (χ2v) is 5.60. The normalized spacial score (nSPS) is 10.5. The van der Waals surface area contributed by atoms with Crippen molar-refractivity contribution >= 4 is 29.1 Å². The third-order valence-corrected chi connectivity index (χ3v) is 4.30. The summed E-state index contributed by atoms with van der Waals surface area (Å²) < 4.78 is 0. The van der Waals surface area contributed by atoms with Crippen LogP contribution < -0.4 is 5.32 Å². The van der Waals surface area contributed by atoms with Crippen LogP contribution in [0.3, 0.4) is 0 Å². The molecule has 6 heteroatoms. The highest BCUT2D eigenvalue weighted by Gasteiger charge is 2.10. The summed E-state index contributed by atoms with van der Waals surface area (Å²) in [5.74, 6) is 0. The third-order valence-electron chi connectivity index (χ3n) is 2.68. The summed E-state index contributed by atoms with van der Waals surface area (Å²) in [5, 5.41) is 14.4. The molecule has 0 aliphatic carbocycles. The molecule has 1 N–H and O–H groups in total. The molecule has 2 aromatic carbocycles. The molecule has 4 nitrogen and oxygen atoms in total. The number of benzene rings is 2. The second kappa shape index (κ2) is 6.74. The topological polar surface area (TPSA) is 55.2 Å². The molecule has 0 aromatic heterocycles. The molecule has 0 radical (unpaired) electrons. The second-order valence-electron chi connectivity index (χ2n) is 4.11. The van der Waals surface area contributed by atoms with Crippen LogP contribution in [0.2, 0.25) is 5.02 Å². The van der Waals surface area contributed by atoms with E-state index in [9.17, 15) is 10.1 Å². The van der Waals surface area contributed by atoms with E-state index in [0.29, 0.717) is 5.02 Å². The number of nitrogens with one attached hydrogen (secondary N) is 1. The maximum atomic E-state index is 10.6. The van der Waals surface area contributed by atoms with E-state index in [2.05, 4.69) is 5.32 Å². The van der Waals surface area contributed by atoms with Gasteiger partial charge in [-0.3, -0.25) is 10.1 Å². The van der Waals surface area contributed by atoms with Crippen molar-refractivity contribution in [1.29, 1.82) is 0 Å². The minimum atomic E-state index is -0.406. The van der Waals surface area contributed by atoms with E-state index in [1.165, 1.54) is 23.9 Å². The highest BCUT2D eigenvalue weighted by molar-refractivity contribution is 7.99. The first-order chi connectivity index (χ1) is 9.61. The van der Waals surface area contributed by atoms with Crippen LogP contribution in [-0.4, -0.2) is 12.0 Å². The Labute approximate surface area is 126 Å². The minimum absolute atomic E-state index is 0.0870. The fourth-order valence-corrected chi connectivity index (χ4v) is 3.01. The van der Waals surface area contributed by atoms with Crippen LogP contribution in [0.15, 0.2) is 52.3 Å². The van der Waals surface area contributed by atoms with Gasteiger partial charge in [0, 0.05) is 28.5 Å². The van der Waals surface area contributed by atoms with Crippen molar-refractivity contribution < 1.29 is 4.92 Å². The summed E-state index contributed by atoms with van der Waals surface area (Å²) in [6, 6.07) is 12.2. The van der Waals surface area contributed by atoms with Crippen LogP contribution in [0.1, 0.15) is 5.56 Å². The van der Waals surface area contributed by atoms with Gasteiger partial charge >= 0.3 is 0 Å². The quantitative estimate of drug-likeness (QED) is 0.667. The largest absolute Gasteiger partial charge is 0.316 e. The lowest BCUT2D eigenvalue weighted by Gasteiger charge is -2.10. The van der Waals surface area contributed by atoms with Crippen LogP contribution in [0.4, 0.5) is 5.69 Å². The zero-order valence-electron chi connectivity index (χ0n) is 10.8. The van der Waals surface area contributed by atoms with E-state index >= 15 is 0 Å². The molecule has 104 valence electrons. The standard InChI is InChI=1S/C14H13ClN2O2S/c1-16-9-10-3-2-4-13(15)14(10)20-12-7-5-11(6-8-12)17(18)19/h2-8,16H,9H2,1H3. The molecule has 0 unspecified atom stereocenters. The number of rotatable bonds is 5. The lowest BCUT2D eigenvalue weighted by molar-refractivity contribution is -0.384. The van der Waals surface area contributed by atoms with Crippen LogP contribution in [0.5, 0.6) is 0 Å². The van der Waals surface area contributed by atoms with Crippen molar-refractivity contribution in [2.45, 2.75) is 16.3 Å². The highest BCUT2D eigenvalue weighted by atomic mass is 35.5. The number of non-ortho nitro benzene ring substituents is 1. The molecule has 0 saturated carbocycles. The van der Waals surface area contributed by atoms with Gasteiger partial charge in [0.25, 0.3) is 5.69 Å². The van der Waals surface area contributed by atoms with Crippen LogP contribution >= 0.6 is 23.4 Å². The Morgan fingerprint density at radius 1 is 1.25 bits per heavy atom. The van der Waals surface area contributed by atoms with Crippen molar-refractivity contribution in [3.8, 4) is 0 Å². The van der Waals surface area contributed by atoms with Gasteiger partial charge in [-0.05, 0) is 30.8 Å². The summed E-state index contributed by atoms with van der Waals surface area (Å²) in [6.45, 7) is 0.718. The first-order valence-electron chi connectivity index (χ1n) is 5.96. The molecular weight excluding hydrogens is 296 g/mol. The van der Waals surface area contributed by atoms with E-state index in [4.69, 9.17) is 11.6 Å². The molecule has 0 fully saturated rings. The van der Waals surface area contributed by atoms with Crippen LogP contribution in [0.25, 0.3) is 0 Å². The molecule has 0 saturated heterocycles. The van der Waals surface area contributed by atoms with Gasteiger partial charge in [0.15, 0.2) is 0 Å². The number of halogens is 1. The van der Waals surface area contributed by atoms with E-state index in [1.807, 2.05) is 25.2 Å². The number of hydrogen-bond acceptors (Lipinski definition) is 4. The number of nitro benzene ring substituents is 1. The molecule has 0 amide bonds. The molecule has 0 atom stereocenters. The van der Waals surface area contributed by atoms with Crippen molar-refractivity contribution in [1.82, 2.24) is 5.32 Å². The molecule has 2 rings (SSSR count). The summed E-state index contributed by atoms with van der Waals surface area (Å²) in [7, 11) is 1.88. The van der Waals surface area contributed by atoms with E-state index in [1.54, 1.807) is 12.1 Å². The van der Waals surface area contributed by atoms with Gasteiger partial charge in [0.1, 0.15) is 0 Å². The monoisotopic (exact) mass is 308 g/mol. The maximum Gasteiger partial charge on any atom is 0.269 e. The smallest absolute Gasteiger partial charge is 0.269 e. The van der Waals surface area contributed by atoms with Crippen molar-refractivity contribution in [2.24, 2.45) is 0 Å². The molecule has 20 heavy (non-hydrogen) atoms. The van der Waals surface area contributed by atoms with Crippen LogP contribution in [0, 0.1) is 10.1 Å². The van der Waals surface area contributed by atoms with Gasteiger partial charge in [-0.25, -0.2) is 0 Å². The minimum Gasteiger partial charge on any atom is -0.316 e. The fraction of sp³-hybridized carbons (Fsp3) is 0.143. The molecule has 0 bridgehead atoms. The van der Waals surface area contributed by atoms with E-state index in [-0.39, 0.29) is 5.69 Å².